The average molecular weight is 629 g/mol. The van der Waals surface area contributed by atoms with Gasteiger partial charge < -0.3 is 18.8 Å². The number of nitriles is 1. The quantitative estimate of drug-likeness (QED) is 0.347. The van der Waals surface area contributed by atoms with Gasteiger partial charge >= 0.3 is 6.09 Å². The first kappa shape index (κ1) is 30.6. The van der Waals surface area contributed by atoms with Crippen LogP contribution in [0.3, 0.4) is 0 Å². The number of amidine groups is 1. The molecule has 12 nitrogen and oxygen atoms in total. The molecule has 2 unspecified atom stereocenters. The van der Waals surface area contributed by atoms with Crippen molar-refractivity contribution >= 4 is 34.7 Å². The normalized spacial score (nSPS) is 21.8. The van der Waals surface area contributed by atoms with Crippen molar-refractivity contribution in [3.05, 3.63) is 71.8 Å². The van der Waals surface area contributed by atoms with E-state index >= 15 is 0 Å². The number of hydrogen-bond acceptors (Lipinski definition) is 9. The summed E-state index contributed by atoms with van der Waals surface area (Å²) in [5.41, 5.74) is 0.937. The second kappa shape index (κ2) is 11.5. The van der Waals surface area contributed by atoms with E-state index in [9.17, 15) is 14.4 Å². The molecule has 1 saturated carbocycles. The predicted molar refractivity (Wildman–Crippen MR) is 167 cm³/mol. The molecule has 0 bridgehead atoms. The van der Waals surface area contributed by atoms with Crippen molar-refractivity contribution in [1.29, 1.82) is 5.26 Å². The number of rotatable bonds is 8. The number of carbonyl (C=O) groups excluding carboxylic acids is 3. The Hall–Kier alpha value is -4.44. The lowest BCUT2D eigenvalue weighted by molar-refractivity contribution is -0.132. The van der Waals surface area contributed by atoms with Gasteiger partial charge in [-0.1, -0.05) is 23.9 Å². The van der Waals surface area contributed by atoms with E-state index in [1.807, 2.05) is 44.0 Å². The highest BCUT2D eigenvalue weighted by atomic mass is 32.2. The Labute approximate surface area is 266 Å². The smallest absolute Gasteiger partial charge is 0.410 e. The van der Waals surface area contributed by atoms with Gasteiger partial charge in [0.1, 0.15) is 5.60 Å². The number of ketones is 1. The van der Waals surface area contributed by atoms with E-state index < -0.39 is 11.1 Å². The number of likely N-dealkylation sites (tertiary alicyclic amines) is 1. The molecule has 2 amide bonds. The Balaban J connectivity index is 1.30. The van der Waals surface area contributed by atoms with Gasteiger partial charge in [0, 0.05) is 87.2 Å². The van der Waals surface area contributed by atoms with Gasteiger partial charge in [-0.15, -0.1) is 0 Å². The van der Waals surface area contributed by atoms with E-state index in [1.54, 1.807) is 59.1 Å². The molecular formula is C32H36N8O4S. The van der Waals surface area contributed by atoms with Crippen LogP contribution in [0.4, 0.5) is 4.79 Å². The van der Waals surface area contributed by atoms with E-state index in [1.165, 1.54) is 11.8 Å². The molecule has 2 aliphatic heterocycles. The van der Waals surface area contributed by atoms with Crippen molar-refractivity contribution in [2.45, 2.75) is 50.8 Å². The van der Waals surface area contributed by atoms with Crippen molar-refractivity contribution in [1.82, 2.24) is 28.9 Å². The fourth-order valence-corrected chi connectivity index (χ4v) is 7.27. The summed E-state index contributed by atoms with van der Waals surface area (Å²) in [7, 11) is 3.78. The minimum Gasteiger partial charge on any atom is -0.444 e. The van der Waals surface area contributed by atoms with Gasteiger partial charge in [-0.25, -0.2) is 19.8 Å². The molecule has 13 heteroatoms. The van der Waals surface area contributed by atoms with Crippen LogP contribution in [0, 0.1) is 23.2 Å². The third kappa shape index (κ3) is 5.99. The summed E-state index contributed by atoms with van der Waals surface area (Å²) in [6.07, 6.45) is 7.21. The molecule has 45 heavy (non-hydrogen) atoms. The van der Waals surface area contributed by atoms with Crippen molar-refractivity contribution in [3.8, 4) is 6.07 Å². The number of carbonyl (C=O) groups is 3. The molecule has 2 atom stereocenters. The van der Waals surface area contributed by atoms with E-state index in [-0.39, 0.29) is 41.4 Å². The molecule has 234 valence electrons. The number of Topliss-reactive ketones (excluding diaryl/α,β-unsaturated/α-hetero) is 1. The zero-order valence-electron chi connectivity index (χ0n) is 26.0. The first-order chi connectivity index (χ1) is 21.4. The van der Waals surface area contributed by atoms with Crippen LogP contribution in [0.2, 0.25) is 0 Å². The van der Waals surface area contributed by atoms with Crippen LogP contribution < -0.4 is 0 Å². The van der Waals surface area contributed by atoms with Gasteiger partial charge in [-0.2, -0.15) is 5.26 Å². The minimum absolute atomic E-state index is 0.0775. The van der Waals surface area contributed by atoms with Gasteiger partial charge in [-0.05, 0) is 32.9 Å². The molecule has 4 heterocycles. The van der Waals surface area contributed by atoms with Gasteiger partial charge in [-0.3, -0.25) is 14.5 Å². The van der Waals surface area contributed by atoms with Crippen LogP contribution in [-0.4, -0.2) is 87.9 Å². The number of aromatic nitrogens is 4. The number of aliphatic imine (C=N–C) groups is 1. The molecule has 1 saturated heterocycles. The molecule has 1 aliphatic carbocycles. The zero-order chi connectivity index (χ0) is 32.1. The Morgan fingerprint density at radius 1 is 1.02 bits per heavy atom. The predicted octanol–water partition coefficient (Wildman–Crippen LogP) is 3.23. The number of thioether (sulfide) groups is 1. The second-order valence-corrected chi connectivity index (χ2v) is 14.0. The maximum Gasteiger partial charge on any atom is 0.410 e. The monoisotopic (exact) mass is 628 g/mol. The molecule has 0 N–H and O–H groups in total. The highest BCUT2D eigenvalue weighted by Crippen LogP contribution is 2.52. The Morgan fingerprint density at radius 2 is 1.60 bits per heavy atom. The number of piperidine rings is 1. The summed E-state index contributed by atoms with van der Waals surface area (Å²) in [6.45, 7) is 6.52. The molecule has 6 rings (SSSR count). The minimum atomic E-state index is -1.16. The molecule has 0 radical (unpaired) electrons. The number of imidazole rings is 2. The first-order valence-corrected chi connectivity index (χ1v) is 15.9. The molecule has 3 aromatic rings. The van der Waals surface area contributed by atoms with Gasteiger partial charge in [0.05, 0.1) is 30.0 Å². The second-order valence-electron chi connectivity index (χ2n) is 13.1. The Bertz CT molecular complexity index is 1660. The maximum absolute atomic E-state index is 14.7. The fraction of sp³-hybridized carbons (Fsp3) is 0.469. The summed E-state index contributed by atoms with van der Waals surface area (Å²) in [5, 5.41) is 9.63. The van der Waals surface area contributed by atoms with Crippen LogP contribution in [0.15, 0.2) is 54.3 Å². The molecule has 1 aromatic carbocycles. The SMILES string of the molecule is Cn1cncc1CC1(Cc2cncn2C)N=C(SCC(=O)c2ccc(C#N)cc2)N(C2C3CN(C(=O)OC(C)(C)C)CC32)C1=O. The van der Waals surface area contributed by atoms with E-state index in [0.29, 0.717) is 42.2 Å². The number of ether oxygens (including phenoxy) is 1. The number of fused-ring (bicyclic) bond motifs is 1. The van der Waals surface area contributed by atoms with Crippen LogP contribution in [-0.2, 0) is 36.5 Å². The molecule has 2 aromatic heterocycles. The fourth-order valence-electron chi connectivity index (χ4n) is 6.26. The topological polar surface area (TPSA) is 139 Å². The van der Waals surface area contributed by atoms with Crippen LogP contribution >= 0.6 is 11.8 Å². The third-order valence-electron chi connectivity index (χ3n) is 8.68. The average Bonchev–Trinajstić information content (AvgIpc) is 3.46. The number of aryl methyl sites for hydroxylation is 2. The number of benzene rings is 1. The summed E-state index contributed by atoms with van der Waals surface area (Å²) < 4.78 is 9.38. The standard InChI is InChI=1S/C32H36N8O4S/c1-31(2,3)44-30(43)39-15-24-25(16-39)27(24)40-28(42)32(10-22-13-34-18-37(22)4,11-23-14-35-19-38(23)5)36-29(40)45-17-26(41)21-8-6-20(12-33)7-9-21/h6-9,13-14,18-19,24-25,27H,10-11,15-17H2,1-5H3. The number of amides is 2. The van der Waals surface area contributed by atoms with Crippen LogP contribution in [0.5, 0.6) is 0 Å². The Morgan fingerprint density at radius 3 is 2.09 bits per heavy atom. The zero-order valence-corrected chi connectivity index (χ0v) is 26.8. The van der Waals surface area contributed by atoms with Crippen LogP contribution in [0.25, 0.3) is 0 Å². The lowest BCUT2D eigenvalue weighted by atomic mass is 9.88. The Kier molecular flexibility index (Phi) is 7.81. The highest BCUT2D eigenvalue weighted by molar-refractivity contribution is 8.14. The summed E-state index contributed by atoms with van der Waals surface area (Å²) in [5.74, 6) is 0.00831. The van der Waals surface area contributed by atoms with Crippen molar-refractivity contribution in [3.63, 3.8) is 0 Å². The van der Waals surface area contributed by atoms with E-state index in [2.05, 4.69) is 16.0 Å². The van der Waals surface area contributed by atoms with Crippen molar-refractivity contribution in [2.24, 2.45) is 30.9 Å². The van der Waals surface area contributed by atoms with Crippen molar-refractivity contribution in [2.75, 3.05) is 18.8 Å². The molecule has 2 fully saturated rings. The van der Waals surface area contributed by atoms with Crippen LogP contribution in [0.1, 0.15) is 48.1 Å². The van der Waals surface area contributed by atoms with Gasteiger partial charge in [0.25, 0.3) is 5.91 Å². The summed E-state index contributed by atoms with van der Waals surface area (Å²) in [6, 6.07) is 8.47. The van der Waals surface area contributed by atoms with Crippen molar-refractivity contribution < 1.29 is 19.1 Å². The molecule has 3 aliphatic rings. The number of hydrogen-bond donors (Lipinski definition) is 0. The van der Waals surface area contributed by atoms with E-state index in [4.69, 9.17) is 15.0 Å². The largest absolute Gasteiger partial charge is 0.444 e. The molecular weight excluding hydrogens is 592 g/mol. The summed E-state index contributed by atoms with van der Waals surface area (Å²) in [4.78, 5) is 58.0. The molecule has 0 spiro atoms. The summed E-state index contributed by atoms with van der Waals surface area (Å²) >= 11 is 1.26. The lowest BCUT2D eigenvalue weighted by Crippen LogP contribution is -2.49. The van der Waals surface area contributed by atoms with Gasteiger partial charge in [0.15, 0.2) is 16.5 Å². The first-order valence-electron chi connectivity index (χ1n) is 14.9. The van der Waals surface area contributed by atoms with Gasteiger partial charge in [0.2, 0.25) is 0 Å². The lowest BCUT2D eigenvalue weighted by Gasteiger charge is -2.29. The maximum atomic E-state index is 14.7. The highest BCUT2D eigenvalue weighted by Gasteiger charge is 2.65. The van der Waals surface area contributed by atoms with E-state index in [0.717, 1.165) is 11.4 Å². The third-order valence-corrected chi connectivity index (χ3v) is 9.63. The number of nitrogens with zero attached hydrogens (tertiary/aromatic N) is 8.